The van der Waals surface area contributed by atoms with Gasteiger partial charge in [0.2, 0.25) is 0 Å². The first-order valence-corrected chi connectivity index (χ1v) is 14.4. The molecule has 0 aliphatic carbocycles. The predicted molar refractivity (Wildman–Crippen MR) is 181 cm³/mol. The van der Waals surface area contributed by atoms with E-state index < -0.39 is 0 Å². The van der Waals surface area contributed by atoms with Gasteiger partial charge in [0.05, 0.1) is 12.6 Å². The van der Waals surface area contributed by atoms with Crippen LogP contribution >= 0.6 is 0 Å². The molecule has 0 spiro atoms. The van der Waals surface area contributed by atoms with Crippen LogP contribution < -0.4 is 4.90 Å². The molecule has 1 heterocycles. The summed E-state index contributed by atoms with van der Waals surface area (Å²) in [5.74, 6) is 1.31. The van der Waals surface area contributed by atoms with Crippen molar-refractivity contribution in [3.05, 3.63) is 178 Å². The molecule has 0 aromatic heterocycles. The smallest absolute Gasteiger partial charge is 0.269 e. The highest BCUT2D eigenvalue weighted by atomic mass is 16.5. The Morgan fingerprint density at radius 1 is 0.682 bits per heavy atom. The molecule has 4 nitrogen and oxygen atoms in total. The average Bonchev–Trinajstić information content (AvgIpc) is 3.05. The minimum atomic E-state index is -0.265. The Bertz CT molecular complexity index is 1780. The molecule has 0 bridgehead atoms. The van der Waals surface area contributed by atoms with Crippen LogP contribution in [0.4, 0.5) is 17.1 Å². The Morgan fingerprint density at radius 2 is 1.14 bits per heavy atom. The number of ether oxygens (including phenoxy) is 1. The molecular weight excluding hydrogens is 538 g/mol. The summed E-state index contributed by atoms with van der Waals surface area (Å²) < 4.78 is 6.10. The average molecular weight is 572 g/mol. The highest BCUT2D eigenvalue weighted by Gasteiger charge is 2.24. The van der Waals surface area contributed by atoms with E-state index in [-0.39, 0.29) is 11.1 Å². The summed E-state index contributed by atoms with van der Waals surface area (Å²) in [5.41, 5.74) is 6.90. The zero-order chi connectivity index (χ0) is 30.9. The minimum absolute atomic E-state index is 0.0523. The molecule has 0 radical (unpaired) electrons. The Hall–Kier alpha value is -5.84. The van der Waals surface area contributed by atoms with Crippen LogP contribution in [0.1, 0.15) is 37.5 Å². The van der Waals surface area contributed by atoms with Crippen LogP contribution in [0.3, 0.4) is 0 Å². The van der Waals surface area contributed by atoms with Crippen molar-refractivity contribution in [1.29, 1.82) is 5.26 Å². The third-order valence-corrected chi connectivity index (χ3v) is 7.07. The van der Waals surface area contributed by atoms with Gasteiger partial charge in [-0.25, -0.2) is 10.1 Å². The van der Waals surface area contributed by atoms with Gasteiger partial charge in [-0.3, -0.25) is 0 Å². The quantitative estimate of drug-likeness (QED) is 0.126. The monoisotopic (exact) mass is 571 g/mol. The molecule has 0 unspecified atom stereocenters. The SMILES string of the molecule is [C-]#[N+]C(C#N)=C1C=C(C=Cc2ccc(C=Cc3ccc(N(c4ccccc4)c4ccccc4)cc3)cc2)OC(C(C)(C)C)=C1. The van der Waals surface area contributed by atoms with E-state index in [0.29, 0.717) is 17.1 Å². The fourth-order valence-corrected chi connectivity index (χ4v) is 4.69. The van der Waals surface area contributed by atoms with Gasteiger partial charge in [0, 0.05) is 22.5 Å². The first kappa shape index (κ1) is 29.6. The van der Waals surface area contributed by atoms with Gasteiger partial charge >= 0.3 is 0 Å². The van der Waals surface area contributed by atoms with Crippen LogP contribution in [-0.2, 0) is 4.74 Å². The van der Waals surface area contributed by atoms with E-state index in [4.69, 9.17) is 11.3 Å². The lowest BCUT2D eigenvalue weighted by Gasteiger charge is -2.26. The summed E-state index contributed by atoms with van der Waals surface area (Å²) >= 11 is 0. The number of nitriles is 1. The maximum Gasteiger partial charge on any atom is 0.269 e. The zero-order valence-corrected chi connectivity index (χ0v) is 25.1. The van der Waals surface area contributed by atoms with Gasteiger partial charge in [0.1, 0.15) is 11.5 Å². The van der Waals surface area contributed by atoms with Gasteiger partial charge in [-0.05, 0) is 76.9 Å². The minimum Gasteiger partial charge on any atom is -0.461 e. The van der Waals surface area contributed by atoms with Gasteiger partial charge < -0.3 is 9.64 Å². The Balaban J connectivity index is 1.29. The summed E-state index contributed by atoms with van der Waals surface area (Å²) in [6.45, 7) is 13.5. The Labute approximate surface area is 260 Å². The van der Waals surface area contributed by atoms with Gasteiger partial charge in [0.25, 0.3) is 5.70 Å². The van der Waals surface area contributed by atoms with E-state index in [1.165, 1.54) is 0 Å². The highest BCUT2D eigenvalue weighted by Crippen LogP contribution is 2.35. The largest absolute Gasteiger partial charge is 0.461 e. The molecule has 0 fully saturated rings. The molecule has 214 valence electrons. The molecule has 44 heavy (non-hydrogen) atoms. The standard InChI is InChI=1S/C40H33N3O/c1-40(2,3)39-28-33(38(29-41)42-4)27-37(44-39)26-23-31-18-15-30(16-19-31)17-20-32-21-24-36(25-22-32)43(34-11-7-5-8-12-34)35-13-9-6-10-14-35/h5-28H,1-3H3. The van der Waals surface area contributed by atoms with Gasteiger partial charge in [-0.1, -0.05) is 112 Å². The van der Waals surface area contributed by atoms with E-state index in [1.807, 2.05) is 51.1 Å². The Kier molecular flexibility index (Phi) is 9.05. The lowest BCUT2D eigenvalue weighted by Crippen LogP contribution is -2.14. The number of benzene rings is 4. The number of nitrogens with zero attached hydrogens (tertiary/aromatic N) is 3. The second-order valence-electron chi connectivity index (χ2n) is 11.4. The Morgan fingerprint density at radius 3 is 1.59 bits per heavy atom. The van der Waals surface area contributed by atoms with E-state index in [9.17, 15) is 5.26 Å². The first-order valence-electron chi connectivity index (χ1n) is 14.4. The van der Waals surface area contributed by atoms with Crippen molar-refractivity contribution >= 4 is 35.3 Å². The number of hydrogen-bond acceptors (Lipinski definition) is 3. The number of rotatable bonds is 7. The molecule has 4 heteroatoms. The van der Waals surface area contributed by atoms with Crippen LogP contribution in [0.2, 0.25) is 0 Å². The number of hydrogen-bond donors (Lipinski definition) is 0. The van der Waals surface area contributed by atoms with Crippen molar-refractivity contribution in [3.8, 4) is 6.07 Å². The van der Waals surface area contributed by atoms with E-state index in [1.54, 1.807) is 12.2 Å². The topological polar surface area (TPSA) is 40.6 Å². The van der Waals surface area contributed by atoms with Crippen LogP contribution in [-0.4, -0.2) is 0 Å². The van der Waals surface area contributed by atoms with E-state index >= 15 is 0 Å². The van der Waals surface area contributed by atoms with Crippen molar-refractivity contribution < 1.29 is 4.74 Å². The summed E-state index contributed by atoms with van der Waals surface area (Å²) in [5, 5.41) is 9.38. The highest BCUT2D eigenvalue weighted by molar-refractivity contribution is 5.78. The number of para-hydroxylation sites is 2. The summed E-state index contributed by atoms with van der Waals surface area (Å²) in [6, 6.07) is 39.6. The van der Waals surface area contributed by atoms with Gasteiger partial charge in [0.15, 0.2) is 0 Å². The molecule has 0 atom stereocenters. The fourth-order valence-electron chi connectivity index (χ4n) is 4.69. The second-order valence-corrected chi connectivity index (χ2v) is 11.4. The number of anilines is 3. The summed E-state index contributed by atoms with van der Waals surface area (Å²) in [6.07, 6.45) is 11.6. The van der Waals surface area contributed by atoms with Crippen molar-refractivity contribution in [1.82, 2.24) is 0 Å². The van der Waals surface area contributed by atoms with Crippen LogP contribution in [0.25, 0.3) is 23.1 Å². The zero-order valence-electron chi connectivity index (χ0n) is 25.1. The molecule has 0 N–H and O–H groups in total. The summed E-state index contributed by atoms with van der Waals surface area (Å²) in [4.78, 5) is 5.63. The summed E-state index contributed by atoms with van der Waals surface area (Å²) in [7, 11) is 0. The molecule has 0 saturated heterocycles. The molecule has 0 saturated carbocycles. The predicted octanol–water partition coefficient (Wildman–Crippen LogP) is 10.9. The van der Waals surface area contributed by atoms with Crippen LogP contribution in [0.15, 0.2) is 150 Å². The third kappa shape index (κ3) is 7.32. The lowest BCUT2D eigenvalue weighted by atomic mass is 9.91. The molecule has 0 amide bonds. The molecule has 4 aromatic rings. The van der Waals surface area contributed by atoms with Crippen LogP contribution in [0.5, 0.6) is 0 Å². The van der Waals surface area contributed by atoms with E-state index in [2.05, 4.69) is 119 Å². The molecule has 1 aliphatic heterocycles. The maximum absolute atomic E-state index is 9.38. The molecular formula is C40H33N3O. The molecule has 4 aromatic carbocycles. The van der Waals surface area contributed by atoms with Gasteiger partial charge in [-0.2, -0.15) is 0 Å². The third-order valence-electron chi connectivity index (χ3n) is 7.07. The lowest BCUT2D eigenvalue weighted by molar-refractivity contribution is 0.223. The van der Waals surface area contributed by atoms with Crippen molar-refractivity contribution in [2.45, 2.75) is 20.8 Å². The normalized spacial score (nSPS) is 14.3. The fraction of sp³-hybridized carbons (Fsp3) is 0.100. The van der Waals surface area contributed by atoms with Crippen molar-refractivity contribution in [2.75, 3.05) is 4.90 Å². The second kappa shape index (κ2) is 13.4. The molecule has 5 rings (SSSR count). The van der Waals surface area contributed by atoms with Crippen LogP contribution in [0, 0.1) is 23.3 Å². The van der Waals surface area contributed by atoms with E-state index in [0.717, 1.165) is 33.8 Å². The van der Waals surface area contributed by atoms with Gasteiger partial charge in [-0.15, -0.1) is 0 Å². The van der Waals surface area contributed by atoms with Crippen molar-refractivity contribution in [2.24, 2.45) is 5.41 Å². The molecule has 1 aliphatic rings. The first-order chi connectivity index (χ1) is 21.3. The van der Waals surface area contributed by atoms with Crippen molar-refractivity contribution in [3.63, 3.8) is 0 Å². The number of allylic oxidation sites excluding steroid dienone is 6. The maximum atomic E-state index is 9.38.